The van der Waals surface area contributed by atoms with Crippen LogP contribution >= 0.6 is 63.0 Å². The normalized spacial score (nSPS) is 12.3. The highest BCUT2D eigenvalue weighted by Crippen LogP contribution is 2.29. The van der Waals surface area contributed by atoms with Gasteiger partial charge < -0.3 is 20.9 Å². The van der Waals surface area contributed by atoms with Crippen molar-refractivity contribution in [3.63, 3.8) is 0 Å². The SMILES string of the molecule is CN(C)C(=O)N[C@@H](NC(=S)Nc1cccc(Br)c1)C(Cl)(Cl)Cl. The molecule has 0 heterocycles. The lowest BCUT2D eigenvalue weighted by atomic mass is 10.3. The van der Waals surface area contributed by atoms with E-state index in [0.29, 0.717) is 0 Å². The Kier molecular flexibility index (Phi) is 7.48. The molecular weight excluding hydrogens is 434 g/mol. The maximum atomic E-state index is 11.7. The number of benzene rings is 1. The van der Waals surface area contributed by atoms with Gasteiger partial charge in [-0.1, -0.05) is 56.8 Å². The molecule has 0 aliphatic rings. The van der Waals surface area contributed by atoms with Gasteiger partial charge in [-0.3, -0.25) is 0 Å². The molecule has 1 aromatic carbocycles. The van der Waals surface area contributed by atoms with Crippen molar-refractivity contribution in [1.82, 2.24) is 15.5 Å². The van der Waals surface area contributed by atoms with Gasteiger partial charge in [-0.25, -0.2) is 4.79 Å². The average molecular weight is 449 g/mol. The van der Waals surface area contributed by atoms with Crippen molar-refractivity contribution in [3.05, 3.63) is 28.7 Å². The first-order valence-electron chi connectivity index (χ1n) is 5.97. The Labute approximate surface area is 157 Å². The zero-order chi connectivity index (χ0) is 16.9. The zero-order valence-corrected chi connectivity index (χ0v) is 16.3. The Balaban J connectivity index is 2.73. The summed E-state index contributed by atoms with van der Waals surface area (Å²) in [6, 6.07) is 6.95. The van der Waals surface area contributed by atoms with Crippen molar-refractivity contribution in [2.24, 2.45) is 0 Å². The number of carbonyl (C=O) groups excluding carboxylic acids is 1. The first kappa shape index (κ1) is 19.6. The number of halogens is 4. The summed E-state index contributed by atoms with van der Waals surface area (Å²) in [7, 11) is 3.14. The summed E-state index contributed by atoms with van der Waals surface area (Å²) in [4.78, 5) is 13.0. The third kappa shape index (κ3) is 6.75. The fraction of sp³-hybridized carbons (Fsp3) is 0.333. The number of hydrogen-bond donors (Lipinski definition) is 3. The quantitative estimate of drug-likeness (QED) is 0.375. The van der Waals surface area contributed by atoms with E-state index in [1.54, 1.807) is 14.1 Å². The second-order valence-corrected chi connectivity index (χ2v) is 8.12. The molecule has 3 N–H and O–H groups in total. The van der Waals surface area contributed by atoms with E-state index in [0.717, 1.165) is 10.2 Å². The molecule has 0 fully saturated rings. The van der Waals surface area contributed by atoms with Gasteiger partial charge in [0.1, 0.15) is 0 Å². The van der Waals surface area contributed by atoms with Crippen molar-refractivity contribution in [2.75, 3.05) is 19.4 Å². The van der Waals surface area contributed by atoms with E-state index >= 15 is 0 Å². The molecule has 0 aliphatic carbocycles. The van der Waals surface area contributed by atoms with Crippen molar-refractivity contribution in [3.8, 4) is 0 Å². The highest BCUT2D eigenvalue weighted by Gasteiger charge is 2.35. The molecule has 0 aromatic heterocycles. The van der Waals surface area contributed by atoms with Gasteiger partial charge in [0.2, 0.25) is 3.79 Å². The summed E-state index contributed by atoms with van der Waals surface area (Å²) < 4.78 is -0.895. The van der Waals surface area contributed by atoms with Crippen molar-refractivity contribution in [1.29, 1.82) is 0 Å². The van der Waals surface area contributed by atoms with Crippen molar-refractivity contribution >= 4 is 79.8 Å². The number of alkyl halides is 3. The summed E-state index contributed by atoms with van der Waals surface area (Å²) in [5, 5.41) is 8.43. The van der Waals surface area contributed by atoms with Crippen LogP contribution in [0.15, 0.2) is 28.7 Å². The number of hydrogen-bond acceptors (Lipinski definition) is 2. The van der Waals surface area contributed by atoms with Crippen molar-refractivity contribution < 1.29 is 4.79 Å². The maximum absolute atomic E-state index is 11.7. The van der Waals surface area contributed by atoms with Gasteiger partial charge in [0.05, 0.1) is 0 Å². The molecule has 1 aromatic rings. The average Bonchev–Trinajstić information content (AvgIpc) is 2.36. The zero-order valence-electron chi connectivity index (χ0n) is 11.7. The lowest BCUT2D eigenvalue weighted by molar-refractivity contribution is 0.212. The number of nitrogens with zero attached hydrogens (tertiary/aromatic N) is 1. The number of carbonyl (C=O) groups is 1. The summed E-state index contributed by atoms with van der Waals surface area (Å²) >= 11 is 26.1. The van der Waals surface area contributed by atoms with Crippen LogP contribution in [0.3, 0.4) is 0 Å². The minimum Gasteiger partial charge on any atom is -0.339 e. The van der Waals surface area contributed by atoms with Crippen LogP contribution in [-0.2, 0) is 0 Å². The third-order valence-electron chi connectivity index (χ3n) is 2.36. The number of urea groups is 1. The van der Waals surface area contributed by atoms with Gasteiger partial charge in [0, 0.05) is 24.3 Å². The number of rotatable bonds is 3. The summed E-state index contributed by atoms with van der Waals surface area (Å²) in [5.74, 6) is 0. The first-order chi connectivity index (χ1) is 10.1. The van der Waals surface area contributed by atoms with Gasteiger partial charge >= 0.3 is 6.03 Å². The lowest BCUT2D eigenvalue weighted by Gasteiger charge is -2.28. The lowest BCUT2D eigenvalue weighted by Crippen LogP contribution is -2.57. The molecule has 10 heteroatoms. The monoisotopic (exact) mass is 446 g/mol. The summed E-state index contributed by atoms with van der Waals surface area (Å²) in [6.45, 7) is 0. The highest BCUT2D eigenvalue weighted by molar-refractivity contribution is 9.10. The molecule has 5 nitrogen and oxygen atoms in total. The molecule has 0 spiro atoms. The highest BCUT2D eigenvalue weighted by atomic mass is 79.9. The molecule has 22 heavy (non-hydrogen) atoms. The van der Waals surface area contributed by atoms with Gasteiger partial charge in [-0.2, -0.15) is 0 Å². The van der Waals surface area contributed by atoms with Gasteiger partial charge in [-0.15, -0.1) is 0 Å². The van der Waals surface area contributed by atoms with Gasteiger partial charge in [0.15, 0.2) is 11.3 Å². The molecule has 0 unspecified atom stereocenters. The van der Waals surface area contributed by atoms with E-state index in [9.17, 15) is 4.79 Å². The molecule has 0 saturated carbocycles. The van der Waals surface area contributed by atoms with Crippen molar-refractivity contribution in [2.45, 2.75) is 9.96 Å². The molecule has 0 radical (unpaired) electrons. The Morgan fingerprint density at radius 2 is 1.95 bits per heavy atom. The van der Waals surface area contributed by atoms with Crippen LogP contribution in [0.25, 0.3) is 0 Å². The fourth-order valence-corrected chi connectivity index (χ4v) is 2.28. The number of anilines is 1. The smallest absolute Gasteiger partial charge is 0.318 e. The van der Waals surface area contributed by atoms with E-state index in [1.807, 2.05) is 24.3 Å². The Morgan fingerprint density at radius 1 is 1.32 bits per heavy atom. The number of thiocarbonyl (C=S) groups is 1. The van der Waals surface area contributed by atoms with E-state index < -0.39 is 16.0 Å². The molecule has 0 saturated heterocycles. The first-order valence-corrected chi connectivity index (χ1v) is 8.30. The summed E-state index contributed by atoms with van der Waals surface area (Å²) in [5.41, 5.74) is 0.744. The van der Waals surface area contributed by atoms with Crippen LogP contribution in [0, 0.1) is 0 Å². The van der Waals surface area contributed by atoms with Crippen LogP contribution < -0.4 is 16.0 Å². The van der Waals surface area contributed by atoms with E-state index in [-0.39, 0.29) is 5.11 Å². The third-order valence-corrected chi connectivity index (χ3v) is 3.73. The topological polar surface area (TPSA) is 56.4 Å². The Hall–Kier alpha value is -0.470. The van der Waals surface area contributed by atoms with Crippen LogP contribution in [0.5, 0.6) is 0 Å². The maximum Gasteiger partial charge on any atom is 0.318 e. The van der Waals surface area contributed by atoms with E-state index in [1.165, 1.54) is 4.90 Å². The molecule has 0 bridgehead atoms. The largest absolute Gasteiger partial charge is 0.339 e. The Bertz CT molecular complexity index is 553. The van der Waals surface area contributed by atoms with Gasteiger partial charge in [-0.05, 0) is 30.4 Å². The molecule has 122 valence electrons. The summed E-state index contributed by atoms with van der Waals surface area (Å²) in [6.07, 6.45) is -1.00. The number of amides is 2. The van der Waals surface area contributed by atoms with E-state index in [4.69, 9.17) is 47.0 Å². The van der Waals surface area contributed by atoms with Crippen LogP contribution in [0.1, 0.15) is 0 Å². The molecule has 1 atom stereocenters. The number of nitrogens with one attached hydrogen (secondary N) is 3. The molecular formula is C12H14BrCl3N4OS. The van der Waals surface area contributed by atoms with Crippen LogP contribution in [0.2, 0.25) is 0 Å². The molecule has 1 rings (SSSR count). The van der Waals surface area contributed by atoms with Crippen LogP contribution in [0.4, 0.5) is 10.5 Å². The minimum atomic E-state index is -1.78. The second-order valence-electron chi connectivity index (χ2n) is 4.43. The fourth-order valence-electron chi connectivity index (χ4n) is 1.32. The molecule has 2 amide bonds. The molecule has 0 aliphatic heterocycles. The minimum absolute atomic E-state index is 0.202. The standard InChI is InChI=1S/C12H14BrCl3N4OS/c1-20(2)11(21)19-9(12(14,15)16)18-10(22)17-8-5-3-4-7(13)6-8/h3-6,9H,1-2H3,(H,19,21)(H2,17,18,22)/t9-/m1/s1. The van der Waals surface area contributed by atoms with E-state index in [2.05, 4.69) is 31.9 Å². The predicted molar refractivity (Wildman–Crippen MR) is 99.8 cm³/mol. The predicted octanol–water partition coefficient (Wildman–Crippen LogP) is 3.70. The van der Waals surface area contributed by atoms with Crippen LogP contribution in [-0.4, -0.2) is 40.1 Å². The Morgan fingerprint density at radius 3 is 2.45 bits per heavy atom. The second kappa shape index (κ2) is 8.40. The van der Waals surface area contributed by atoms with Gasteiger partial charge in [0.25, 0.3) is 0 Å².